The van der Waals surface area contributed by atoms with Crippen molar-refractivity contribution in [1.82, 2.24) is 0 Å². The summed E-state index contributed by atoms with van der Waals surface area (Å²) in [6, 6.07) is 0. The molecule has 0 saturated heterocycles. The Morgan fingerprint density at radius 1 is 1.14 bits per heavy atom. The van der Waals surface area contributed by atoms with Crippen LogP contribution in [0.2, 0.25) is 0 Å². The summed E-state index contributed by atoms with van der Waals surface area (Å²) in [6.45, 7) is 6.31. The summed E-state index contributed by atoms with van der Waals surface area (Å²) in [5.41, 5.74) is 0. The lowest BCUT2D eigenvalue weighted by Crippen LogP contribution is -2.12. The van der Waals surface area contributed by atoms with Crippen LogP contribution in [-0.4, -0.2) is 24.2 Å². The van der Waals surface area contributed by atoms with Crippen molar-refractivity contribution in [2.75, 3.05) is 13.2 Å². The highest BCUT2D eigenvalue weighted by molar-refractivity contribution is 7.54. The van der Waals surface area contributed by atoms with E-state index >= 15 is 0 Å². The van der Waals surface area contributed by atoms with Crippen molar-refractivity contribution in [3.05, 3.63) is 0 Å². The van der Waals surface area contributed by atoms with Crippen molar-refractivity contribution in [3.8, 4) is 0 Å². The van der Waals surface area contributed by atoms with Gasteiger partial charge in [0, 0.05) is 0 Å². The minimum Gasteiger partial charge on any atom is -0.380 e. The van der Waals surface area contributed by atoms with Gasteiger partial charge in [0.25, 0.3) is 0 Å². The van der Waals surface area contributed by atoms with Crippen LogP contribution < -0.4 is 0 Å². The zero-order chi connectivity index (χ0) is 11.0. The van der Waals surface area contributed by atoms with Gasteiger partial charge >= 0.3 is 7.60 Å². The molecule has 0 aliphatic heterocycles. The summed E-state index contributed by atoms with van der Waals surface area (Å²) in [6.07, 6.45) is 1.90. The third-order valence-corrected chi connectivity index (χ3v) is 3.86. The lowest BCUT2D eigenvalue weighted by molar-refractivity contribution is 0.139. The van der Waals surface area contributed by atoms with Crippen molar-refractivity contribution < 1.29 is 18.7 Å². The molecule has 4 nitrogen and oxygen atoms in total. The molecule has 0 radical (unpaired) electrons. The molecule has 0 aliphatic rings. The predicted molar refractivity (Wildman–Crippen MR) is 56.4 cm³/mol. The van der Waals surface area contributed by atoms with Gasteiger partial charge in [-0.05, 0) is 19.3 Å². The SMILES string of the molecule is CCCOP(=O)(OCCC)C(O)CC. The van der Waals surface area contributed by atoms with E-state index in [1.807, 2.05) is 13.8 Å². The van der Waals surface area contributed by atoms with Gasteiger partial charge in [0.2, 0.25) is 0 Å². The van der Waals surface area contributed by atoms with E-state index in [0.717, 1.165) is 12.8 Å². The second-order valence-corrected chi connectivity index (χ2v) is 5.29. The summed E-state index contributed by atoms with van der Waals surface area (Å²) in [4.78, 5) is 0. The van der Waals surface area contributed by atoms with Crippen LogP contribution in [0.4, 0.5) is 0 Å². The maximum atomic E-state index is 12.0. The van der Waals surface area contributed by atoms with Crippen molar-refractivity contribution in [1.29, 1.82) is 0 Å². The van der Waals surface area contributed by atoms with Gasteiger partial charge in [0.15, 0.2) is 5.85 Å². The molecular weight excluding hydrogens is 203 g/mol. The van der Waals surface area contributed by atoms with Crippen LogP contribution >= 0.6 is 7.60 Å². The van der Waals surface area contributed by atoms with E-state index in [0.29, 0.717) is 19.6 Å². The zero-order valence-corrected chi connectivity index (χ0v) is 10.1. The Hall–Kier alpha value is 0.110. The van der Waals surface area contributed by atoms with Crippen molar-refractivity contribution in [2.24, 2.45) is 0 Å². The molecule has 1 unspecified atom stereocenters. The second-order valence-electron chi connectivity index (χ2n) is 3.10. The fourth-order valence-corrected chi connectivity index (χ4v) is 2.61. The van der Waals surface area contributed by atoms with Crippen molar-refractivity contribution in [2.45, 2.75) is 45.9 Å². The average Bonchev–Trinajstić information content (AvgIpc) is 2.22. The molecule has 0 aromatic carbocycles. The van der Waals surface area contributed by atoms with Crippen LogP contribution in [0.25, 0.3) is 0 Å². The van der Waals surface area contributed by atoms with E-state index < -0.39 is 13.4 Å². The number of hydrogen-bond acceptors (Lipinski definition) is 4. The third kappa shape index (κ3) is 4.56. The van der Waals surface area contributed by atoms with E-state index in [9.17, 15) is 9.67 Å². The van der Waals surface area contributed by atoms with E-state index in [4.69, 9.17) is 9.05 Å². The molecule has 1 N–H and O–H groups in total. The molecule has 0 spiro atoms. The Balaban J connectivity index is 4.25. The van der Waals surface area contributed by atoms with Crippen LogP contribution in [0.1, 0.15) is 40.0 Å². The Labute approximate surface area is 86.1 Å². The molecule has 0 saturated carbocycles. The highest BCUT2D eigenvalue weighted by atomic mass is 31.2. The topological polar surface area (TPSA) is 55.8 Å². The Morgan fingerprint density at radius 3 is 1.86 bits per heavy atom. The smallest absolute Gasteiger partial charge is 0.358 e. The minimum atomic E-state index is -3.29. The summed E-state index contributed by atoms with van der Waals surface area (Å²) < 4.78 is 22.2. The molecule has 0 bridgehead atoms. The molecule has 86 valence electrons. The van der Waals surface area contributed by atoms with E-state index in [2.05, 4.69) is 0 Å². The van der Waals surface area contributed by atoms with Gasteiger partial charge < -0.3 is 14.2 Å². The maximum Gasteiger partial charge on any atom is 0.358 e. The van der Waals surface area contributed by atoms with Gasteiger partial charge in [-0.2, -0.15) is 0 Å². The molecular formula is C9H21O4P. The van der Waals surface area contributed by atoms with Crippen LogP contribution in [0.3, 0.4) is 0 Å². The molecule has 0 aromatic heterocycles. The average molecular weight is 224 g/mol. The lowest BCUT2D eigenvalue weighted by atomic mass is 10.5. The number of aliphatic hydroxyl groups excluding tert-OH is 1. The molecule has 0 amide bonds. The summed E-state index contributed by atoms with van der Waals surface area (Å²) >= 11 is 0. The van der Waals surface area contributed by atoms with Gasteiger partial charge in [-0.15, -0.1) is 0 Å². The molecule has 0 fully saturated rings. The normalized spacial score (nSPS) is 14.3. The first kappa shape index (κ1) is 14.1. The zero-order valence-electron chi connectivity index (χ0n) is 9.23. The molecule has 5 heteroatoms. The Bertz CT molecular complexity index is 172. The standard InChI is InChI=1S/C9H21O4P/c1-4-7-12-14(11,9(10)6-3)13-8-5-2/h9-10H,4-8H2,1-3H3. The summed E-state index contributed by atoms with van der Waals surface area (Å²) in [5.74, 6) is -0.999. The largest absolute Gasteiger partial charge is 0.380 e. The van der Waals surface area contributed by atoms with E-state index in [1.54, 1.807) is 6.92 Å². The van der Waals surface area contributed by atoms with Crippen molar-refractivity contribution >= 4 is 7.60 Å². The van der Waals surface area contributed by atoms with Gasteiger partial charge in [0.1, 0.15) is 0 Å². The first-order valence-corrected chi connectivity index (χ1v) is 6.78. The number of rotatable bonds is 8. The molecule has 0 aromatic rings. The first-order valence-electron chi connectivity index (χ1n) is 5.17. The van der Waals surface area contributed by atoms with E-state index in [-0.39, 0.29) is 0 Å². The van der Waals surface area contributed by atoms with Crippen LogP contribution in [-0.2, 0) is 13.6 Å². The van der Waals surface area contributed by atoms with E-state index in [1.165, 1.54) is 0 Å². The quantitative estimate of drug-likeness (QED) is 0.644. The van der Waals surface area contributed by atoms with Crippen LogP contribution in [0, 0.1) is 0 Å². The molecule has 1 atom stereocenters. The Kier molecular flexibility index (Phi) is 7.47. The first-order chi connectivity index (χ1) is 6.60. The molecule has 0 rings (SSSR count). The lowest BCUT2D eigenvalue weighted by Gasteiger charge is -2.21. The van der Waals surface area contributed by atoms with Crippen LogP contribution in [0.5, 0.6) is 0 Å². The Morgan fingerprint density at radius 2 is 1.57 bits per heavy atom. The number of aliphatic hydroxyl groups is 1. The maximum absolute atomic E-state index is 12.0. The monoisotopic (exact) mass is 224 g/mol. The predicted octanol–water partition coefficient (Wildman–Crippen LogP) is 2.76. The fourth-order valence-electron chi connectivity index (χ4n) is 0.870. The fraction of sp³-hybridized carbons (Fsp3) is 1.00. The second kappa shape index (κ2) is 7.41. The van der Waals surface area contributed by atoms with Gasteiger partial charge in [-0.3, -0.25) is 4.57 Å². The van der Waals surface area contributed by atoms with Crippen LogP contribution in [0.15, 0.2) is 0 Å². The molecule has 14 heavy (non-hydrogen) atoms. The van der Waals surface area contributed by atoms with Gasteiger partial charge in [-0.25, -0.2) is 0 Å². The summed E-state index contributed by atoms with van der Waals surface area (Å²) in [5, 5.41) is 9.52. The molecule has 0 aliphatic carbocycles. The van der Waals surface area contributed by atoms with Crippen molar-refractivity contribution in [3.63, 3.8) is 0 Å². The highest BCUT2D eigenvalue weighted by Gasteiger charge is 2.32. The number of hydrogen-bond donors (Lipinski definition) is 1. The van der Waals surface area contributed by atoms with Gasteiger partial charge in [-0.1, -0.05) is 20.8 Å². The molecule has 0 heterocycles. The summed E-state index contributed by atoms with van der Waals surface area (Å²) in [7, 11) is -3.29. The minimum absolute atomic E-state index is 0.359. The third-order valence-electron chi connectivity index (χ3n) is 1.68. The van der Waals surface area contributed by atoms with Gasteiger partial charge in [0.05, 0.1) is 13.2 Å². The highest BCUT2D eigenvalue weighted by Crippen LogP contribution is 2.53.